The number of rotatable bonds is 5. The maximum absolute atomic E-state index is 12.2. The van der Waals surface area contributed by atoms with Crippen LogP contribution < -0.4 is 15.8 Å². The predicted molar refractivity (Wildman–Crippen MR) is 85.8 cm³/mol. The summed E-state index contributed by atoms with van der Waals surface area (Å²) >= 11 is 0. The summed E-state index contributed by atoms with van der Waals surface area (Å²) in [5, 5.41) is 11.6. The monoisotopic (exact) mass is 295 g/mol. The molecular weight excluding hydrogens is 278 g/mol. The van der Waals surface area contributed by atoms with Crippen LogP contribution in [-0.2, 0) is 0 Å². The maximum atomic E-state index is 12.2. The first-order chi connectivity index (χ1) is 10.6. The summed E-state index contributed by atoms with van der Waals surface area (Å²) in [5.41, 5.74) is 7.80. The molecule has 0 aliphatic carbocycles. The van der Waals surface area contributed by atoms with Crippen molar-refractivity contribution in [1.29, 1.82) is 5.26 Å². The first-order valence-corrected chi connectivity index (χ1v) is 6.98. The van der Waals surface area contributed by atoms with E-state index in [1.807, 2.05) is 13.0 Å². The minimum Gasteiger partial charge on any atom is -0.491 e. The van der Waals surface area contributed by atoms with Crippen LogP contribution in [0.15, 0.2) is 42.5 Å². The Bertz CT molecular complexity index is 720. The summed E-state index contributed by atoms with van der Waals surface area (Å²) in [4.78, 5) is 12.2. The smallest absolute Gasteiger partial charge is 0.255 e. The van der Waals surface area contributed by atoms with Gasteiger partial charge in [-0.3, -0.25) is 4.79 Å². The van der Waals surface area contributed by atoms with Crippen molar-refractivity contribution in [3.8, 4) is 11.8 Å². The average molecular weight is 295 g/mol. The van der Waals surface area contributed by atoms with Crippen molar-refractivity contribution in [3.05, 3.63) is 53.6 Å². The van der Waals surface area contributed by atoms with E-state index in [0.29, 0.717) is 34.9 Å². The molecule has 0 fully saturated rings. The molecule has 112 valence electrons. The van der Waals surface area contributed by atoms with Crippen molar-refractivity contribution in [2.45, 2.75) is 13.3 Å². The van der Waals surface area contributed by atoms with Crippen molar-refractivity contribution < 1.29 is 9.53 Å². The molecule has 0 bridgehead atoms. The lowest BCUT2D eigenvalue weighted by atomic mass is 10.1. The third kappa shape index (κ3) is 3.76. The Balaban J connectivity index is 2.12. The summed E-state index contributed by atoms with van der Waals surface area (Å²) in [6.07, 6.45) is 0.886. The summed E-state index contributed by atoms with van der Waals surface area (Å²) in [6, 6.07) is 13.7. The van der Waals surface area contributed by atoms with Gasteiger partial charge in [-0.05, 0) is 42.8 Å². The zero-order chi connectivity index (χ0) is 15.9. The van der Waals surface area contributed by atoms with Crippen LogP contribution in [0.4, 0.5) is 11.4 Å². The number of hydrogen-bond acceptors (Lipinski definition) is 4. The van der Waals surface area contributed by atoms with Crippen LogP contribution in [0.25, 0.3) is 0 Å². The second-order valence-corrected chi connectivity index (χ2v) is 4.75. The van der Waals surface area contributed by atoms with E-state index >= 15 is 0 Å². The highest BCUT2D eigenvalue weighted by Crippen LogP contribution is 2.23. The van der Waals surface area contributed by atoms with Crippen molar-refractivity contribution in [1.82, 2.24) is 0 Å². The Morgan fingerprint density at radius 3 is 2.82 bits per heavy atom. The number of ether oxygens (including phenoxy) is 1. The largest absolute Gasteiger partial charge is 0.491 e. The zero-order valence-corrected chi connectivity index (χ0v) is 12.3. The highest BCUT2D eigenvalue weighted by molar-refractivity contribution is 6.05. The first kappa shape index (κ1) is 15.4. The van der Waals surface area contributed by atoms with E-state index in [9.17, 15) is 4.79 Å². The van der Waals surface area contributed by atoms with Gasteiger partial charge in [0.25, 0.3) is 5.91 Å². The lowest BCUT2D eigenvalue weighted by Crippen LogP contribution is -2.12. The lowest BCUT2D eigenvalue weighted by Gasteiger charge is -2.10. The molecule has 0 heterocycles. The maximum Gasteiger partial charge on any atom is 0.255 e. The third-order valence-electron chi connectivity index (χ3n) is 2.98. The molecule has 0 aliphatic rings. The summed E-state index contributed by atoms with van der Waals surface area (Å²) in [5.74, 6) is 0.286. The van der Waals surface area contributed by atoms with Crippen molar-refractivity contribution in [2.24, 2.45) is 0 Å². The van der Waals surface area contributed by atoms with E-state index in [-0.39, 0.29) is 5.91 Å². The van der Waals surface area contributed by atoms with Crippen LogP contribution in [-0.4, -0.2) is 12.5 Å². The quantitative estimate of drug-likeness (QED) is 0.829. The van der Waals surface area contributed by atoms with Gasteiger partial charge in [-0.2, -0.15) is 5.26 Å². The van der Waals surface area contributed by atoms with E-state index in [1.54, 1.807) is 42.5 Å². The summed E-state index contributed by atoms with van der Waals surface area (Å²) in [7, 11) is 0. The van der Waals surface area contributed by atoms with Gasteiger partial charge in [0.15, 0.2) is 0 Å². The summed E-state index contributed by atoms with van der Waals surface area (Å²) in [6.45, 7) is 2.59. The molecule has 3 N–H and O–H groups in total. The number of benzene rings is 2. The fraction of sp³-hybridized carbons (Fsp3) is 0.176. The number of carbonyl (C=O) groups excluding carboxylic acids is 1. The molecule has 0 aliphatic heterocycles. The second-order valence-electron chi connectivity index (χ2n) is 4.75. The standard InChI is InChI=1S/C17H17N3O2/c1-2-8-22-16-7-6-13(10-15(16)19)17(21)20-14-5-3-4-12(9-14)11-18/h3-7,9-10H,2,8,19H2,1H3,(H,20,21). The number of nitrogen functional groups attached to an aromatic ring is 1. The Morgan fingerprint density at radius 2 is 2.14 bits per heavy atom. The van der Waals surface area contributed by atoms with Gasteiger partial charge in [0.2, 0.25) is 0 Å². The molecular formula is C17H17N3O2. The molecule has 0 radical (unpaired) electrons. The molecule has 0 atom stereocenters. The van der Waals surface area contributed by atoms with Gasteiger partial charge in [-0.1, -0.05) is 13.0 Å². The highest BCUT2D eigenvalue weighted by atomic mass is 16.5. The van der Waals surface area contributed by atoms with Gasteiger partial charge in [0.1, 0.15) is 5.75 Å². The molecule has 2 aromatic rings. The average Bonchev–Trinajstić information content (AvgIpc) is 2.53. The molecule has 0 saturated heterocycles. The van der Waals surface area contributed by atoms with E-state index in [2.05, 4.69) is 5.32 Å². The number of amides is 1. The number of nitrogens with zero attached hydrogens (tertiary/aromatic N) is 1. The molecule has 2 aromatic carbocycles. The van der Waals surface area contributed by atoms with Gasteiger partial charge >= 0.3 is 0 Å². The fourth-order valence-corrected chi connectivity index (χ4v) is 1.90. The van der Waals surface area contributed by atoms with E-state index in [1.165, 1.54) is 0 Å². The van der Waals surface area contributed by atoms with Crippen LogP contribution in [0.1, 0.15) is 29.3 Å². The van der Waals surface area contributed by atoms with Crippen molar-refractivity contribution in [2.75, 3.05) is 17.7 Å². The van der Waals surface area contributed by atoms with Gasteiger partial charge in [0.05, 0.1) is 23.9 Å². The third-order valence-corrected chi connectivity index (χ3v) is 2.98. The predicted octanol–water partition coefficient (Wildman–Crippen LogP) is 3.18. The molecule has 5 nitrogen and oxygen atoms in total. The Morgan fingerprint density at radius 1 is 1.32 bits per heavy atom. The van der Waals surface area contributed by atoms with Crippen molar-refractivity contribution in [3.63, 3.8) is 0 Å². The van der Waals surface area contributed by atoms with Crippen molar-refractivity contribution >= 4 is 17.3 Å². The second kappa shape index (κ2) is 7.14. The Hall–Kier alpha value is -3.00. The van der Waals surface area contributed by atoms with E-state index in [4.69, 9.17) is 15.7 Å². The molecule has 1 amide bonds. The minimum atomic E-state index is -0.288. The zero-order valence-electron chi connectivity index (χ0n) is 12.3. The highest BCUT2D eigenvalue weighted by Gasteiger charge is 2.09. The molecule has 0 aromatic heterocycles. The molecule has 0 unspecified atom stereocenters. The van der Waals surface area contributed by atoms with Gasteiger partial charge < -0.3 is 15.8 Å². The van der Waals surface area contributed by atoms with Crippen LogP contribution in [0.5, 0.6) is 5.75 Å². The van der Waals surface area contributed by atoms with Crippen LogP contribution >= 0.6 is 0 Å². The Kier molecular flexibility index (Phi) is 4.99. The van der Waals surface area contributed by atoms with Crippen LogP contribution in [0.2, 0.25) is 0 Å². The van der Waals surface area contributed by atoms with E-state index in [0.717, 1.165) is 6.42 Å². The SMILES string of the molecule is CCCOc1ccc(C(=O)Nc2cccc(C#N)c2)cc1N. The van der Waals surface area contributed by atoms with Crippen LogP contribution in [0, 0.1) is 11.3 Å². The first-order valence-electron chi connectivity index (χ1n) is 6.98. The number of nitrogens with two attached hydrogens (primary N) is 1. The fourth-order valence-electron chi connectivity index (χ4n) is 1.90. The minimum absolute atomic E-state index is 0.288. The van der Waals surface area contributed by atoms with Gasteiger partial charge in [-0.15, -0.1) is 0 Å². The van der Waals surface area contributed by atoms with E-state index < -0.39 is 0 Å². The Labute approximate surface area is 129 Å². The molecule has 22 heavy (non-hydrogen) atoms. The number of nitriles is 1. The molecule has 0 spiro atoms. The number of carbonyl (C=O) groups is 1. The van der Waals surface area contributed by atoms with Crippen LogP contribution in [0.3, 0.4) is 0 Å². The van der Waals surface area contributed by atoms with Gasteiger partial charge in [0, 0.05) is 11.3 Å². The van der Waals surface area contributed by atoms with Gasteiger partial charge in [-0.25, -0.2) is 0 Å². The summed E-state index contributed by atoms with van der Waals surface area (Å²) < 4.78 is 5.48. The number of anilines is 2. The number of nitrogens with one attached hydrogen (secondary N) is 1. The molecule has 0 saturated carbocycles. The topological polar surface area (TPSA) is 88.1 Å². The normalized spacial score (nSPS) is 9.82. The molecule has 2 rings (SSSR count). The molecule has 5 heteroatoms. The number of hydrogen-bond donors (Lipinski definition) is 2. The lowest BCUT2D eigenvalue weighted by molar-refractivity contribution is 0.102.